The van der Waals surface area contributed by atoms with Gasteiger partial charge >= 0.3 is 156 Å². The summed E-state index contributed by atoms with van der Waals surface area (Å²) in [5.74, 6) is 0.641. The Hall–Kier alpha value is 0.501. The molecule has 0 nitrogen and oxygen atoms in total. The molecule has 1 aromatic rings. The normalized spacial score (nSPS) is 15.7. The van der Waals surface area contributed by atoms with Crippen molar-refractivity contribution in [2.24, 2.45) is 5.92 Å². The molecule has 1 aliphatic rings. The van der Waals surface area contributed by atoms with E-state index in [1.165, 1.54) is 36.4 Å². The van der Waals surface area contributed by atoms with Crippen LogP contribution in [-0.4, -0.2) is 8.07 Å². The predicted molar refractivity (Wildman–Crippen MR) is 101 cm³/mol. The molecule has 0 amide bonds. The van der Waals surface area contributed by atoms with Gasteiger partial charge in [0, 0.05) is 0 Å². The zero-order valence-electron chi connectivity index (χ0n) is 16.8. The zero-order chi connectivity index (χ0) is 17.2. The van der Waals surface area contributed by atoms with Crippen LogP contribution >= 0.6 is 0 Å². The standard InChI is InChI=1S/C21H31Si.3ClH.Ti/c1-7-8-12-22(6,19-14-17(4)13-18(5)15-19)21-11-9-10-20(21)16(2)3;;;;/h10,13-16H,7-9,12H2,1-6H3;3*1H;/q;;;;+3/p-3. The van der Waals surface area contributed by atoms with E-state index in [9.17, 15) is 0 Å². The van der Waals surface area contributed by atoms with Crippen LogP contribution in [0.2, 0.25) is 12.6 Å². The van der Waals surface area contributed by atoms with E-state index in [0.29, 0.717) is 5.92 Å². The van der Waals surface area contributed by atoms with Gasteiger partial charge in [-0.3, -0.25) is 0 Å². The fraction of sp³-hybridized carbons (Fsp3) is 0.524. The first-order chi connectivity index (χ1) is 10.8. The van der Waals surface area contributed by atoms with Crippen LogP contribution in [-0.2, 0) is 20.4 Å². The Labute approximate surface area is 192 Å². The van der Waals surface area contributed by atoms with Crippen LogP contribution < -0.4 is 42.4 Å². The van der Waals surface area contributed by atoms with Crippen LogP contribution in [0.15, 0.2) is 38.9 Å². The maximum atomic E-state index is 2.62. The zero-order valence-corrected chi connectivity index (χ0v) is 21.7. The first-order valence-electron chi connectivity index (χ1n) is 9.04. The van der Waals surface area contributed by atoms with Crippen molar-refractivity contribution in [1.82, 2.24) is 0 Å². The Morgan fingerprint density at radius 1 is 1.04 bits per heavy atom. The van der Waals surface area contributed by atoms with Crippen molar-refractivity contribution in [3.8, 4) is 0 Å². The fourth-order valence-corrected chi connectivity index (χ4v) is 10.5. The van der Waals surface area contributed by atoms with E-state index in [4.69, 9.17) is 0 Å². The average molecular weight is 466 g/mol. The van der Waals surface area contributed by atoms with Gasteiger partial charge in [0.1, 0.15) is 0 Å². The molecule has 0 bridgehead atoms. The van der Waals surface area contributed by atoms with Crippen LogP contribution in [0.5, 0.6) is 0 Å². The Balaban J connectivity index is 0. The maximum absolute atomic E-state index is 2.62. The van der Waals surface area contributed by atoms with E-state index in [0.717, 1.165) is 0 Å². The molecule has 0 spiro atoms. The van der Waals surface area contributed by atoms with Crippen molar-refractivity contribution in [2.75, 3.05) is 0 Å². The maximum Gasteiger partial charge on any atom is -1.00 e. The molecule has 5 heteroatoms. The van der Waals surface area contributed by atoms with E-state index in [-0.39, 0.29) is 37.2 Å². The number of hydrogen-bond donors (Lipinski definition) is 0. The van der Waals surface area contributed by atoms with Gasteiger partial charge in [-0.1, -0.05) is 0 Å². The van der Waals surface area contributed by atoms with Crippen LogP contribution in [0.1, 0.15) is 51.2 Å². The summed E-state index contributed by atoms with van der Waals surface area (Å²) in [4.78, 5) is 0. The summed E-state index contributed by atoms with van der Waals surface area (Å²) in [6.07, 6.45) is 6.32. The van der Waals surface area contributed by atoms with Gasteiger partial charge in [0.2, 0.25) is 0 Å². The van der Waals surface area contributed by atoms with Crippen LogP contribution in [0.3, 0.4) is 0 Å². The van der Waals surface area contributed by atoms with Crippen molar-refractivity contribution >= 4 is 13.3 Å². The first-order valence-corrected chi connectivity index (χ1v) is 12.5. The molecule has 0 N–H and O–H groups in total. The third kappa shape index (κ3) is 6.26. The molecule has 2 rings (SSSR count). The van der Waals surface area contributed by atoms with Crippen molar-refractivity contribution in [2.45, 2.75) is 66.5 Å². The van der Waals surface area contributed by atoms with Crippen LogP contribution in [0.4, 0.5) is 0 Å². The SMILES string of the molecule is CCCC[Si](C)(C1=[C]([Ti+3])CC=C1C(C)C)c1cc(C)cc(C)c1.[Cl-].[Cl-].[Cl-]. The Morgan fingerprint density at radius 2 is 1.58 bits per heavy atom. The summed E-state index contributed by atoms with van der Waals surface area (Å²) in [5.41, 5.74) is 4.48. The fourth-order valence-electron chi connectivity index (χ4n) is 4.00. The second-order valence-corrected chi connectivity index (χ2v) is 12.9. The molecule has 0 aliphatic heterocycles. The van der Waals surface area contributed by atoms with Gasteiger partial charge < -0.3 is 37.2 Å². The van der Waals surface area contributed by atoms with Crippen LogP contribution in [0.25, 0.3) is 0 Å². The van der Waals surface area contributed by atoms with Gasteiger partial charge in [-0.05, 0) is 0 Å². The molecule has 0 saturated carbocycles. The topological polar surface area (TPSA) is 0 Å². The van der Waals surface area contributed by atoms with E-state index in [2.05, 4.69) is 85.9 Å². The molecule has 144 valence electrons. The van der Waals surface area contributed by atoms with Gasteiger partial charge in [0.15, 0.2) is 0 Å². The summed E-state index contributed by atoms with van der Waals surface area (Å²) >= 11 is 2.38. The molecule has 0 saturated heterocycles. The summed E-state index contributed by atoms with van der Waals surface area (Å²) in [6.45, 7) is 14.2. The van der Waals surface area contributed by atoms with E-state index < -0.39 is 8.07 Å². The second-order valence-electron chi connectivity index (χ2n) is 7.68. The molecule has 1 atom stereocenters. The number of benzene rings is 1. The number of rotatable bonds is 6. The number of unbranched alkanes of at least 4 members (excludes halogenated alkanes) is 1. The summed E-state index contributed by atoms with van der Waals surface area (Å²) < 4.78 is 1.64. The van der Waals surface area contributed by atoms with Crippen molar-refractivity contribution in [3.63, 3.8) is 0 Å². The van der Waals surface area contributed by atoms with Crippen molar-refractivity contribution < 1.29 is 57.7 Å². The molecular formula is C21H31Cl3SiTi. The molecule has 0 heterocycles. The molecule has 0 aromatic heterocycles. The molecule has 1 aliphatic carbocycles. The number of allylic oxidation sites excluding steroid dienone is 4. The third-order valence-corrected chi connectivity index (χ3v) is 10.9. The average Bonchev–Trinajstić information content (AvgIpc) is 2.86. The monoisotopic (exact) mass is 464 g/mol. The molecular weight excluding hydrogens is 435 g/mol. The van der Waals surface area contributed by atoms with Gasteiger partial charge in [0.05, 0.1) is 0 Å². The summed E-state index contributed by atoms with van der Waals surface area (Å²) in [5, 5.41) is 3.41. The van der Waals surface area contributed by atoms with E-state index in [1.54, 1.807) is 19.8 Å². The van der Waals surface area contributed by atoms with E-state index >= 15 is 0 Å². The quantitative estimate of drug-likeness (QED) is 0.387. The van der Waals surface area contributed by atoms with Crippen molar-refractivity contribution in [3.05, 3.63) is 50.0 Å². The minimum atomic E-state index is -1.65. The smallest absolute Gasteiger partial charge is 1.00 e. The second kappa shape index (κ2) is 12.1. The number of aryl methyl sites for hydroxylation is 2. The summed E-state index contributed by atoms with van der Waals surface area (Å²) in [7, 11) is -1.65. The molecule has 1 unspecified atom stereocenters. The first kappa shape index (κ1) is 28.7. The minimum absolute atomic E-state index is 0. The molecule has 1 aromatic carbocycles. The summed E-state index contributed by atoms with van der Waals surface area (Å²) in [6, 6.07) is 8.65. The third-order valence-electron chi connectivity index (χ3n) is 5.18. The minimum Gasteiger partial charge on any atom is -1.00 e. The van der Waals surface area contributed by atoms with E-state index in [1.807, 2.05) is 0 Å². The number of halogens is 3. The van der Waals surface area contributed by atoms with Gasteiger partial charge in [-0.15, -0.1) is 0 Å². The largest absolute Gasteiger partial charge is 1.00 e. The van der Waals surface area contributed by atoms with Crippen LogP contribution in [0, 0.1) is 19.8 Å². The Kier molecular flexibility index (Phi) is 13.4. The molecule has 0 fully saturated rings. The number of hydrogen-bond acceptors (Lipinski definition) is 0. The molecule has 0 radical (unpaired) electrons. The van der Waals surface area contributed by atoms with Crippen molar-refractivity contribution in [1.29, 1.82) is 0 Å². The van der Waals surface area contributed by atoms with Gasteiger partial charge in [0.25, 0.3) is 0 Å². The van der Waals surface area contributed by atoms with Gasteiger partial charge in [-0.25, -0.2) is 0 Å². The Bertz CT molecular complexity index is 632. The van der Waals surface area contributed by atoms with Gasteiger partial charge in [-0.2, -0.15) is 0 Å². The molecule has 26 heavy (non-hydrogen) atoms. The Morgan fingerprint density at radius 3 is 2.04 bits per heavy atom. The predicted octanol–water partition coefficient (Wildman–Crippen LogP) is -3.27.